The van der Waals surface area contributed by atoms with Gasteiger partial charge in [-0.1, -0.05) is 0 Å². The monoisotopic (exact) mass is 393 g/mol. The van der Waals surface area contributed by atoms with E-state index in [1.54, 1.807) is 28.3 Å². The second kappa shape index (κ2) is 7.08. The van der Waals surface area contributed by atoms with Gasteiger partial charge in [0.1, 0.15) is 5.82 Å². The van der Waals surface area contributed by atoms with Crippen molar-refractivity contribution in [2.24, 2.45) is 0 Å². The lowest BCUT2D eigenvalue weighted by atomic mass is 9.98. The third kappa shape index (κ3) is 3.39. The zero-order chi connectivity index (χ0) is 19.0. The molecule has 0 bridgehead atoms. The van der Waals surface area contributed by atoms with Gasteiger partial charge in [-0.15, -0.1) is 10.2 Å². The van der Waals surface area contributed by atoms with E-state index in [2.05, 4.69) is 10.2 Å². The van der Waals surface area contributed by atoms with Crippen LogP contribution in [0.1, 0.15) is 47.9 Å². The Morgan fingerprint density at radius 3 is 2.89 bits per heavy atom. The summed E-state index contributed by atoms with van der Waals surface area (Å²) < 4.78 is 33.2. The molecule has 1 fully saturated rings. The van der Waals surface area contributed by atoms with Gasteiger partial charge in [0, 0.05) is 32.1 Å². The number of sulfonamides is 1. The number of aromatic nitrogens is 3. The van der Waals surface area contributed by atoms with Crippen LogP contribution >= 0.6 is 0 Å². The average molecular weight is 393 g/mol. The smallest absolute Gasteiger partial charge is 0.290 e. The van der Waals surface area contributed by atoms with E-state index in [4.69, 9.17) is 4.42 Å². The molecule has 146 valence electrons. The lowest BCUT2D eigenvalue weighted by molar-refractivity contribution is 0.0673. The summed E-state index contributed by atoms with van der Waals surface area (Å²) in [4.78, 5) is 14.2. The normalized spacial score (nSPS) is 21.2. The van der Waals surface area contributed by atoms with E-state index in [1.807, 2.05) is 4.57 Å². The molecule has 0 radical (unpaired) electrons. The second-order valence-corrected chi connectivity index (χ2v) is 9.19. The van der Waals surface area contributed by atoms with E-state index in [0.29, 0.717) is 38.5 Å². The van der Waals surface area contributed by atoms with Crippen LogP contribution in [-0.4, -0.2) is 63.7 Å². The minimum Gasteiger partial charge on any atom is -0.459 e. The predicted molar refractivity (Wildman–Crippen MR) is 96.5 cm³/mol. The molecule has 0 spiro atoms. The van der Waals surface area contributed by atoms with Crippen molar-refractivity contribution in [2.45, 2.75) is 38.8 Å². The number of hydrogen-bond donors (Lipinski definition) is 0. The number of carbonyl (C=O) groups excluding carboxylic acids is 1. The molecule has 1 amide bonds. The van der Waals surface area contributed by atoms with Gasteiger partial charge in [0.25, 0.3) is 5.91 Å². The third-order valence-corrected chi connectivity index (χ3v) is 7.16. The second-order valence-electron chi connectivity index (χ2n) is 6.93. The number of amides is 1. The summed E-state index contributed by atoms with van der Waals surface area (Å²) in [5, 5.41) is 8.62. The van der Waals surface area contributed by atoms with Gasteiger partial charge in [0.15, 0.2) is 11.6 Å². The first-order valence-corrected chi connectivity index (χ1v) is 10.8. The van der Waals surface area contributed by atoms with Gasteiger partial charge in [0.2, 0.25) is 10.0 Å². The molecule has 0 unspecified atom stereocenters. The quantitative estimate of drug-likeness (QED) is 0.770. The molecule has 9 nitrogen and oxygen atoms in total. The van der Waals surface area contributed by atoms with Crippen molar-refractivity contribution >= 4 is 15.9 Å². The van der Waals surface area contributed by atoms with Crippen LogP contribution in [0.15, 0.2) is 22.8 Å². The van der Waals surface area contributed by atoms with E-state index in [1.165, 1.54) is 6.26 Å². The van der Waals surface area contributed by atoms with Crippen molar-refractivity contribution in [1.29, 1.82) is 0 Å². The van der Waals surface area contributed by atoms with Gasteiger partial charge in [-0.25, -0.2) is 12.7 Å². The molecular formula is C17H23N5O4S. The molecule has 2 aliphatic rings. The van der Waals surface area contributed by atoms with Crippen LogP contribution in [0.4, 0.5) is 0 Å². The summed E-state index contributed by atoms with van der Waals surface area (Å²) in [6.07, 6.45) is 3.19. The molecule has 0 N–H and O–H groups in total. The number of nitrogens with zero attached hydrogens (tertiary/aromatic N) is 5. The van der Waals surface area contributed by atoms with Gasteiger partial charge in [0.05, 0.1) is 18.6 Å². The Hall–Kier alpha value is -2.20. The maximum absolute atomic E-state index is 12.5. The molecule has 2 aromatic heterocycles. The summed E-state index contributed by atoms with van der Waals surface area (Å²) in [5.41, 5.74) is 0. The van der Waals surface area contributed by atoms with Crippen LogP contribution in [0.2, 0.25) is 0 Å². The maximum Gasteiger partial charge on any atom is 0.290 e. The van der Waals surface area contributed by atoms with Crippen molar-refractivity contribution in [3.8, 4) is 0 Å². The Balaban J connectivity index is 1.51. The lowest BCUT2D eigenvalue weighted by Gasteiger charge is -2.32. The highest BCUT2D eigenvalue weighted by atomic mass is 32.2. The van der Waals surface area contributed by atoms with E-state index in [0.717, 1.165) is 24.5 Å². The number of furan rings is 1. The fraction of sp³-hybridized carbons (Fsp3) is 0.588. The minimum atomic E-state index is -3.20. The molecule has 1 atom stereocenters. The standard InChI is InChI=1S/C17H23N5O4S/c1-2-27(24,25)21-7-3-5-13(11-21)16-19-18-15-12-20(8-9-22(15)16)17(23)14-6-4-10-26-14/h4,6,10,13H,2-3,5,7-9,11-12H2,1H3/t13-/m0/s1. The molecule has 0 aliphatic carbocycles. The van der Waals surface area contributed by atoms with Crippen LogP contribution < -0.4 is 0 Å². The maximum atomic E-state index is 12.5. The number of rotatable bonds is 4. The van der Waals surface area contributed by atoms with Gasteiger partial charge >= 0.3 is 0 Å². The Morgan fingerprint density at radius 1 is 1.30 bits per heavy atom. The molecule has 0 aromatic carbocycles. The molecule has 0 saturated carbocycles. The van der Waals surface area contributed by atoms with Crippen molar-refractivity contribution in [3.05, 3.63) is 35.8 Å². The van der Waals surface area contributed by atoms with E-state index in [9.17, 15) is 13.2 Å². The Labute approximate surface area is 158 Å². The Morgan fingerprint density at radius 2 is 2.15 bits per heavy atom. The topological polar surface area (TPSA) is 102 Å². The van der Waals surface area contributed by atoms with Crippen LogP contribution in [-0.2, 0) is 23.1 Å². The molecule has 27 heavy (non-hydrogen) atoms. The minimum absolute atomic E-state index is 0.0358. The zero-order valence-electron chi connectivity index (χ0n) is 15.2. The van der Waals surface area contributed by atoms with Gasteiger partial charge in [-0.3, -0.25) is 4.79 Å². The van der Waals surface area contributed by atoms with Gasteiger partial charge in [-0.2, -0.15) is 0 Å². The number of fused-ring (bicyclic) bond motifs is 1. The highest BCUT2D eigenvalue weighted by Crippen LogP contribution is 2.29. The van der Waals surface area contributed by atoms with E-state index in [-0.39, 0.29) is 17.6 Å². The molecule has 4 rings (SSSR count). The third-order valence-electron chi connectivity index (χ3n) is 5.31. The summed E-state index contributed by atoms with van der Waals surface area (Å²) in [6, 6.07) is 3.34. The fourth-order valence-corrected chi connectivity index (χ4v) is 4.98. The van der Waals surface area contributed by atoms with E-state index >= 15 is 0 Å². The SMILES string of the molecule is CCS(=O)(=O)N1CCC[C@H](c2nnc3n2CCN(C(=O)c2ccco2)C3)C1. The number of piperidine rings is 1. The summed E-state index contributed by atoms with van der Waals surface area (Å²) in [5.74, 6) is 1.86. The van der Waals surface area contributed by atoms with Crippen molar-refractivity contribution < 1.29 is 17.6 Å². The van der Waals surface area contributed by atoms with Crippen molar-refractivity contribution in [1.82, 2.24) is 24.0 Å². The van der Waals surface area contributed by atoms with Crippen LogP contribution in [0.5, 0.6) is 0 Å². The first-order chi connectivity index (χ1) is 13.0. The average Bonchev–Trinajstić information content (AvgIpc) is 3.37. The predicted octanol–water partition coefficient (Wildman–Crippen LogP) is 1.06. The Kier molecular flexibility index (Phi) is 4.77. The lowest BCUT2D eigenvalue weighted by Crippen LogP contribution is -2.42. The number of carbonyl (C=O) groups is 1. The zero-order valence-corrected chi connectivity index (χ0v) is 16.1. The molecule has 2 aliphatic heterocycles. The molecule has 2 aromatic rings. The highest BCUT2D eigenvalue weighted by Gasteiger charge is 2.33. The molecule has 4 heterocycles. The van der Waals surface area contributed by atoms with Gasteiger partial charge in [-0.05, 0) is 31.9 Å². The largest absolute Gasteiger partial charge is 0.459 e. The molecular weight excluding hydrogens is 370 g/mol. The first kappa shape index (κ1) is 18.2. The first-order valence-electron chi connectivity index (χ1n) is 9.22. The molecule has 10 heteroatoms. The Bertz CT molecular complexity index is 921. The van der Waals surface area contributed by atoms with Crippen molar-refractivity contribution in [3.63, 3.8) is 0 Å². The van der Waals surface area contributed by atoms with E-state index < -0.39 is 10.0 Å². The van der Waals surface area contributed by atoms with Crippen LogP contribution in [0.3, 0.4) is 0 Å². The van der Waals surface area contributed by atoms with Crippen molar-refractivity contribution in [2.75, 3.05) is 25.4 Å². The summed E-state index contributed by atoms with van der Waals surface area (Å²) in [7, 11) is -3.20. The van der Waals surface area contributed by atoms with Gasteiger partial charge < -0.3 is 13.9 Å². The van der Waals surface area contributed by atoms with Crippen LogP contribution in [0.25, 0.3) is 0 Å². The summed E-state index contributed by atoms with van der Waals surface area (Å²) >= 11 is 0. The molecule has 1 saturated heterocycles. The summed E-state index contributed by atoms with van der Waals surface area (Å²) in [6.45, 7) is 4.20. The number of hydrogen-bond acceptors (Lipinski definition) is 6. The highest BCUT2D eigenvalue weighted by molar-refractivity contribution is 7.89. The fourth-order valence-electron chi connectivity index (χ4n) is 3.80. The van der Waals surface area contributed by atoms with Crippen LogP contribution in [0, 0.1) is 0 Å².